The molecular formula is C25H28F3N3O3. The summed E-state index contributed by atoms with van der Waals surface area (Å²) < 4.78 is 45.4. The maximum absolute atomic E-state index is 13.2. The van der Waals surface area contributed by atoms with Gasteiger partial charge in [-0.25, -0.2) is 9.78 Å². The summed E-state index contributed by atoms with van der Waals surface area (Å²) in [6, 6.07) is 11.0. The minimum absolute atomic E-state index is 0.204. The number of ether oxygens (including phenoxy) is 1. The number of pyridine rings is 1. The lowest BCUT2D eigenvalue weighted by atomic mass is 9.80. The third-order valence-corrected chi connectivity index (χ3v) is 6.18. The number of carbonyl (C=O) groups is 1. The molecule has 2 aromatic rings. The zero-order chi connectivity index (χ0) is 24.6. The molecule has 182 valence electrons. The van der Waals surface area contributed by atoms with Gasteiger partial charge in [0.15, 0.2) is 0 Å². The van der Waals surface area contributed by atoms with Crippen LogP contribution in [0.5, 0.6) is 0 Å². The van der Waals surface area contributed by atoms with Gasteiger partial charge in [-0.15, -0.1) is 0 Å². The molecule has 0 spiro atoms. The van der Waals surface area contributed by atoms with Crippen molar-refractivity contribution in [2.24, 2.45) is 0 Å². The third kappa shape index (κ3) is 5.19. The molecule has 34 heavy (non-hydrogen) atoms. The van der Waals surface area contributed by atoms with E-state index in [1.165, 1.54) is 0 Å². The smallest absolute Gasteiger partial charge is 0.416 e. The zero-order valence-electron chi connectivity index (χ0n) is 19.1. The van der Waals surface area contributed by atoms with Crippen LogP contribution in [0.1, 0.15) is 37.8 Å². The molecule has 2 aliphatic heterocycles. The summed E-state index contributed by atoms with van der Waals surface area (Å²) in [6.45, 7) is 4.43. The Morgan fingerprint density at radius 2 is 1.94 bits per heavy atom. The van der Waals surface area contributed by atoms with Gasteiger partial charge in [-0.2, -0.15) is 13.2 Å². The molecule has 1 amide bonds. The fraction of sp³-hybridized carbons (Fsp3) is 0.440. The van der Waals surface area contributed by atoms with Crippen molar-refractivity contribution in [3.05, 3.63) is 71.9 Å². The van der Waals surface area contributed by atoms with Gasteiger partial charge in [-0.3, -0.25) is 4.90 Å². The molecule has 4 rings (SSSR count). The number of aromatic nitrogens is 1. The van der Waals surface area contributed by atoms with E-state index in [0.717, 1.165) is 23.9 Å². The van der Waals surface area contributed by atoms with E-state index < -0.39 is 29.0 Å². The molecule has 2 atom stereocenters. The molecule has 1 fully saturated rings. The van der Waals surface area contributed by atoms with E-state index >= 15 is 0 Å². The summed E-state index contributed by atoms with van der Waals surface area (Å²) in [6.07, 6.45) is 0.568. The van der Waals surface area contributed by atoms with Crippen molar-refractivity contribution < 1.29 is 27.8 Å². The van der Waals surface area contributed by atoms with Gasteiger partial charge in [0.25, 0.3) is 0 Å². The van der Waals surface area contributed by atoms with Gasteiger partial charge in [-0.1, -0.05) is 42.5 Å². The van der Waals surface area contributed by atoms with E-state index in [1.807, 2.05) is 42.5 Å². The standard InChI is InChI=1S/C25H28F3N3O3/c1-23(2,33)17-24(18-7-4-3-5-8-18)11-14-31(22(32)34-24)20-9-6-13-30(16-20)21-15-19(10-12-29-21)25(26,27)28/h3-10,12,15,20,33H,11,13-14,16-17H2,1-2H3/t20-,24-/m0/s1. The maximum atomic E-state index is 13.2. The summed E-state index contributed by atoms with van der Waals surface area (Å²) in [5.41, 5.74) is -1.97. The summed E-state index contributed by atoms with van der Waals surface area (Å²) in [7, 11) is 0. The number of rotatable bonds is 5. The lowest BCUT2D eigenvalue weighted by Crippen LogP contribution is -2.56. The van der Waals surface area contributed by atoms with Gasteiger partial charge in [0.05, 0.1) is 17.2 Å². The highest BCUT2D eigenvalue weighted by molar-refractivity contribution is 5.70. The number of alkyl halides is 3. The molecule has 9 heteroatoms. The molecule has 0 radical (unpaired) electrons. The Kier molecular flexibility index (Phi) is 6.33. The first kappa shape index (κ1) is 24.1. The first-order valence-corrected chi connectivity index (χ1v) is 11.2. The van der Waals surface area contributed by atoms with E-state index in [9.17, 15) is 23.1 Å². The summed E-state index contributed by atoms with van der Waals surface area (Å²) in [5, 5.41) is 10.5. The zero-order valence-corrected chi connectivity index (χ0v) is 19.1. The predicted octanol–water partition coefficient (Wildman–Crippen LogP) is 4.74. The third-order valence-electron chi connectivity index (χ3n) is 6.18. The van der Waals surface area contributed by atoms with Gasteiger partial charge < -0.3 is 14.7 Å². The Hall–Kier alpha value is -3.07. The Morgan fingerprint density at radius 1 is 1.21 bits per heavy atom. The summed E-state index contributed by atoms with van der Waals surface area (Å²) >= 11 is 0. The highest BCUT2D eigenvalue weighted by atomic mass is 19.4. The minimum atomic E-state index is -4.46. The highest BCUT2D eigenvalue weighted by Gasteiger charge is 2.46. The van der Waals surface area contributed by atoms with Crippen LogP contribution in [-0.4, -0.2) is 52.4 Å². The van der Waals surface area contributed by atoms with E-state index in [-0.39, 0.29) is 18.3 Å². The number of carbonyl (C=O) groups excluding carboxylic acids is 1. The number of aliphatic hydroxyl groups is 1. The largest absolute Gasteiger partial charge is 0.438 e. The SMILES string of the molecule is CC(C)(O)C[C@]1(c2ccccc2)CCN([C@H]2C=CCN(c3cc(C(F)(F)F)ccn3)C2)C(=O)O1. The van der Waals surface area contributed by atoms with Crippen LogP contribution in [0.3, 0.4) is 0 Å². The van der Waals surface area contributed by atoms with E-state index in [4.69, 9.17) is 4.74 Å². The molecule has 6 nitrogen and oxygen atoms in total. The van der Waals surface area contributed by atoms with Crippen LogP contribution < -0.4 is 4.90 Å². The van der Waals surface area contributed by atoms with Crippen LogP contribution >= 0.6 is 0 Å². The van der Waals surface area contributed by atoms with Crippen LogP contribution in [0.4, 0.5) is 23.8 Å². The van der Waals surface area contributed by atoms with E-state index in [2.05, 4.69) is 4.98 Å². The number of hydrogen-bond acceptors (Lipinski definition) is 5. The monoisotopic (exact) mass is 475 g/mol. The average Bonchev–Trinajstić information content (AvgIpc) is 2.78. The molecule has 0 saturated carbocycles. The molecule has 1 saturated heterocycles. The lowest BCUT2D eigenvalue weighted by molar-refractivity contribution is -0.137. The van der Waals surface area contributed by atoms with Crippen LogP contribution in [0.2, 0.25) is 0 Å². The van der Waals surface area contributed by atoms with Crippen molar-refractivity contribution in [3.8, 4) is 0 Å². The Bertz CT molecular complexity index is 1050. The van der Waals surface area contributed by atoms with Gasteiger partial charge in [0.2, 0.25) is 0 Å². The highest BCUT2D eigenvalue weighted by Crippen LogP contribution is 2.41. The molecule has 3 heterocycles. The number of halogens is 3. The van der Waals surface area contributed by atoms with Gasteiger partial charge in [0, 0.05) is 38.7 Å². The second-order valence-electron chi connectivity index (χ2n) is 9.46. The molecular weight excluding hydrogens is 447 g/mol. The van der Waals surface area contributed by atoms with Crippen molar-refractivity contribution in [2.75, 3.05) is 24.5 Å². The summed E-state index contributed by atoms with van der Waals surface area (Å²) in [4.78, 5) is 20.6. The van der Waals surface area contributed by atoms with Gasteiger partial charge in [-0.05, 0) is 31.5 Å². The molecule has 1 N–H and O–H groups in total. The second-order valence-corrected chi connectivity index (χ2v) is 9.46. The quantitative estimate of drug-likeness (QED) is 0.633. The van der Waals surface area contributed by atoms with Crippen LogP contribution in [0.15, 0.2) is 60.8 Å². The maximum Gasteiger partial charge on any atom is 0.416 e. The normalized spacial score (nSPS) is 23.7. The first-order valence-electron chi connectivity index (χ1n) is 11.2. The lowest BCUT2D eigenvalue weighted by Gasteiger charge is -2.46. The first-order chi connectivity index (χ1) is 16.0. The van der Waals surface area contributed by atoms with Crippen LogP contribution in [0, 0.1) is 0 Å². The van der Waals surface area contributed by atoms with Crippen molar-refractivity contribution in [3.63, 3.8) is 0 Å². The predicted molar refractivity (Wildman–Crippen MR) is 121 cm³/mol. The molecule has 2 aliphatic rings. The Morgan fingerprint density at radius 3 is 2.59 bits per heavy atom. The van der Waals surface area contributed by atoms with Crippen molar-refractivity contribution in [1.29, 1.82) is 0 Å². The fourth-order valence-electron chi connectivity index (χ4n) is 4.70. The van der Waals surface area contributed by atoms with Gasteiger partial charge >= 0.3 is 12.3 Å². The van der Waals surface area contributed by atoms with Crippen molar-refractivity contribution in [2.45, 2.75) is 50.1 Å². The number of hydrogen-bond donors (Lipinski definition) is 1. The topological polar surface area (TPSA) is 65.9 Å². The Balaban J connectivity index is 1.53. The van der Waals surface area contributed by atoms with Crippen molar-refractivity contribution >= 4 is 11.9 Å². The fourth-order valence-corrected chi connectivity index (χ4v) is 4.70. The van der Waals surface area contributed by atoms with E-state index in [0.29, 0.717) is 26.1 Å². The summed E-state index contributed by atoms with van der Waals surface area (Å²) in [5.74, 6) is 0.204. The number of anilines is 1. The van der Waals surface area contributed by atoms with Crippen LogP contribution in [0.25, 0.3) is 0 Å². The van der Waals surface area contributed by atoms with E-state index in [1.54, 1.807) is 23.6 Å². The number of nitrogens with zero attached hydrogens (tertiary/aromatic N) is 3. The second kappa shape index (κ2) is 8.94. The molecule has 0 aliphatic carbocycles. The molecule has 0 bridgehead atoms. The van der Waals surface area contributed by atoms with Gasteiger partial charge in [0.1, 0.15) is 11.4 Å². The average molecular weight is 476 g/mol. The Labute approximate surface area is 196 Å². The minimum Gasteiger partial charge on any atom is -0.438 e. The molecule has 1 aromatic heterocycles. The number of benzene rings is 1. The molecule has 1 aromatic carbocycles. The molecule has 0 unspecified atom stereocenters. The number of cyclic esters (lactones) is 1. The van der Waals surface area contributed by atoms with Crippen molar-refractivity contribution in [1.82, 2.24) is 9.88 Å². The van der Waals surface area contributed by atoms with Crippen LogP contribution in [-0.2, 0) is 16.5 Å². The number of amides is 1.